The van der Waals surface area contributed by atoms with Crippen molar-refractivity contribution in [2.24, 2.45) is 0 Å². The van der Waals surface area contributed by atoms with Gasteiger partial charge in [-0.05, 0) is 37.3 Å². The van der Waals surface area contributed by atoms with E-state index in [4.69, 9.17) is 27.9 Å². The normalized spacial score (nSPS) is 11.5. The van der Waals surface area contributed by atoms with Gasteiger partial charge in [-0.15, -0.1) is 0 Å². The molecule has 0 saturated carbocycles. The zero-order valence-corrected chi connectivity index (χ0v) is 16.5. The minimum absolute atomic E-state index is 0.120. The van der Waals surface area contributed by atoms with Crippen molar-refractivity contribution in [1.29, 1.82) is 0 Å². The second-order valence-corrected chi connectivity index (χ2v) is 6.92. The van der Waals surface area contributed by atoms with Crippen molar-refractivity contribution >= 4 is 40.6 Å². The SMILES string of the molecule is CC(Oc1cccc(NC(=O)c2ccc(Cl)c(Cl)c2)c1)C(=O)c1ccccc1. The fourth-order valence-corrected chi connectivity index (χ4v) is 2.88. The second-order valence-electron chi connectivity index (χ2n) is 6.10. The molecule has 3 aromatic rings. The molecule has 0 aliphatic rings. The van der Waals surface area contributed by atoms with Crippen LogP contribution in [-0.4, -0.2) is 17.8 Å². The maximum Gasteiger partial charge on any atom is 0.255 e. The summed E-state index contributed by atoms with van der Waals surface area (Å²) in [4.78, 5) is 24.8. The molecular formula is C22H17Cl2NO3. The van der Waals surface area contributed by atoms with Crippen molar-refractivity contribution in [1.82, 2.24) is 0 Å². The Bertz CT molecular complexity index is 1010. The zero-order valence-electron chi connectivity index (χ0n) is 15.0. The monoisotopic (exact) mass is 413 g/mol. The molecule has 28 heavy (non-hydrogen) atoms. The summed E-state index contributed by atoms with van der Waals surface area (Å²) in [5, 5.41) is 3.46. The van der Waals surface area contributed by atoms with Crippen LogP contribution >= 0.6 is 23.2 Å². The maximum absolute atomic E-state index is 12.4. The van der Waals surface area contributed by atoms with Crippen molar-refractivity contribution < 1.29 is 14.3 Å². The summed E-state index contributed by atoms with van der Waals surface area (Å²) in [5.74, 6) is 0.0266. The molecule has 0 aliphatic heterocycles. The average molecular weight is 414 g/mol. The van der Waals surface area contributed by atoms with E-state index in [1.54, 1.807) is 67.6 Å². The minimum atomic E-state index is -0.663. The van der Waals surface area contributed by atoms with Crippen LogP contribution < -0.4 is 10.1 Å². The Hall–Kier alpha value is -2.82. The first-order chi connectivity index (χ1) is 13.4. The largest absolute Gasteiger partial charge is 0.482 e. The van der Waals surface area contributed by atoms with E-state index in [9.17, 15) is 9.59 Å². The highest BCUT2D eigenvalue weighted by atomic mass is 35.5. The van der Waals surface area contributed by atoms with Gasteiger partial charge >= 0.3 is 0 Å². The third-order valence-corrected chi connectivity index (χ3v) is 4.75. The molecule has 0 bridgehead atoms. The van der Waals surface area contributed by atoms with Gasteiger partial charge in [-0.1, -0.05) is 59.6 Å². The number of anilines is 1. The van der Waals surface area contributed by atoms with Crippen LogP contribution in [0.3, 0.4) is 0 Å². The van der Waals surface area contributed by atoms with Gasteiger partial charge in [-0.2, -0.15) is 0 Å². The number of carbonyl (C=O) groups is 2. The lowest BCUT2D eigenvalue weighted by molar-refractivity contribution is 0.0818. The van der Waals surface area contributed by atoms with E-state index in [0.29, 0.717) is 32.6 Å². The summed E-state index contributed by atoms with van der Waals surface area (Å²) in [6, 6.07) is 20.5. The van der Waals surface area contributed by atoms with E-state index in [1.165, 1.54) is 6.07 Å². The number of hydrogen-bond acceptors (Lipinski definition) is 3. The van der Waals surface area contributed by atoms with Crippen LogP contribution in [0, 0.1) is 0 Å². The van der Waals surface area contributed by atoms with Gasteiger partial charge in [-0.25, -0.2) is 0 Å². The summed E-state index contributed by atoms with van der Waals surface area (Å²) < 4.78 is 5.75. The Labute approximate surface area is 173 Å². The van der Waals surface area contributed by atoms with Gasteiger partial charge in [0.05, 0.1) is 10.0 Å². The Balaban J connectivity index is 1.69. The minimum Gasteiger partial charge on any atom is -0.482 e. The van der Waals surface area contributed by atoms with Crippen molar-refractivity contribution in [2.75, 3.05) is 5.32 Å². The molecule has 1 atom stereocenters. The molecule has 1 unspecified atom stereocenters. The average Bonchev–Trinajstić information content (AvgIpc) is 2.70. The molecule has 0 heterocycles. The fraction of sp³-hybridized carbons (Fsp3) is 0.0909. The maximum atomic E-state index is 12.4. The Morgan fingerprint density at radius 2 is 1.61 bits per heavy atom. The molecule has 1 N–H and O–H groups in total. The highest BCUT2D eigenvalue weighted by molar-refractivity contribution is 6.42. The fourth-order valence-electron chi connectivity index (χ4n) is 2.58. The molecule has 0 fully saturated rings. The Kier molecular flexibility index (Phi) is 6.34. The molecule has 0 radical (unpaired) electrons. The summed E-state index contributed by atoms with van der Waals surface area (Å²) in [6.07, 6.45) is -0.663. The van der Waals surface area contributed by atoms with Crippen molar-refractivity contribution in [3.63, 3.8) is 0 Å². The van der Waals surface area contributed by atoms with Crippen LogP contribution in [0.25, 0.3) is 0 Å². The molecule has 0 aromatic heterocycles. The van der Waals surface area contributed by atoms with Crippen LogP contribution in [0.5, 0.6) is 5.75 Å². The van der Waals surface area contributed by atoms with Gasteiger partial charge in [0.2, 0.25) is 5.78 Å². The molecule has 0 saturated heterocycles. The van der Waals surface area contributed by atoms with Gasteiger partial charge in [0.25, 0.3) is 5.91 Å². The molecule has 3 rings (SSSR count). The smallest absolute Gasteiger partial charge is 0.255 e. The number of benzene rings is 3. The molecule has 4 nitrogen and oxygen atoms in total. The first-order valence-electron chi connectivity index (χ1n) is 8.56. The molecule has 3 aromatic carbocycles. The highest BCUT2D eigenvalue weighted by Crippen LogP contribution is 2.24. The van der Waals surface area contributed by atoms with Crippen molar-refractivity contribution in [3.05, 3.63) is 94.0 Å². The predicted molar refractivity (Wildman–Crippen MR) is 112 cm³/mol. The van der Waals surface area contributed by atoms with Gasteiger partial charge in [0, 0.05) is 22.9 Å². The first kappa shape index (κ1) is 19.9. The highest BCUT2D eigenvalue weighted by Gasteiger charge is 2.17. The lowest BCUT2D eigenvalue weighted by Crippen LogP contribution is -2.23. The number of rotatable bonds is 6. The van der Waals surface area contributed by atoms with Crippen LogP contribution in [0.2, 0.25) is 10.0 Å². The third-order valence-electron chi connectivity index (χ3n) is 4.01. The summed E-state index contributed by atoms with van der Waals surface area (Å²) in [7, 11) is 0. The number of ether oxygens (including phenoxy) is 1. The van der Waals surface area contributed by atoms with E-state index in [2.05, 4.69) is 5.32 Å². The van der Waals surface area contributed by atoms with Gasteiger partial charge in [0.1, 0.15) is 5.75 Å². The van der Waals surface area contributed by atoms with Gasteiger partial charge < -0.3 is 10.1 Å². The molecule has 0 spiro atoms. The first-order valence-corrected chi connectivity index (χ1v) is 9.32. The standard InChI is InChI=1S/C22H17Cl2NO3/c1-14(21(26)15-6-3-2-4-7-15)28-18-9-5-8-17(13-18)25-22(27)16-10-11-19(23)20(24)12-16/h2-14H,1H3,(H,25,27). The predicted octanol–water partition coefficient (Wildman–Crippen LogP) is 5.90. The van der Waals surface area contributed by atoms with Crippen molar-refractivity contribution in [3.8, 4) is 5.75 Å². The number of hydrogen-bond donors (Lipinski definition) is 1. The number of ketones is 1. The molecule has 6 heteroatoms. The van der Waals surface area contributed by atoms with Gasteiger partial charge in [-0.3, -0.25) is 9.59 Å². The lowest BCUT2D eigenvalue weighted by atomic mass is 10.1. The number of halogens is 2. The second kappa shape index (κ2) is 8.91. The van der Waals surface area contributed by atoms with E-state index in [1.807, 2.05) is 6.07 Å². The number of amides is 1. The van der Waals surface area contributed by atoms with Crippen LogP contribution in [0.4, 0.5) is 5.69 Å². The van der Waals surface area contributed by atoms with Crippen LogP contribution in [-0.2, 0) is 0 Å². The van der Waals surface area contributed by atoms with E-state index in [-0.39, 0.29) is 11.7 Å². The summed E-state index contributed by atoms with van der Waals surface area (Å²) in [6.45, 7) is 1.69. The van der Waals surface area contributed by atoms with Crippen molar-refractivity contribution in [2.45, 2.75) is 13.0 Å². The topological polar surface area (TPSA) is 55.4 Å². The molecule has 0 aliphatic carbocycles. The van der Waals surface area contributed by atoms with Gasteiger partial charge in [0.15, 0.2) is 6.10 Å². The van der Waals surface area contributed by atoms with Crippen LogP contribution in [0.15, 0.2) is 72.8 Å². The quantitative estimate of drug-likeness (QED) is 0.512. The van der Waals surface area contributed by atoms with E-state index < -0.39 is 6.10 Å². The van der Waals surface area contributed by atoms with E-state index >= 15 is 0 Å². The summed E-state index contributed by atoms with van der Waals surface area (Å²) in [5.41, 5.74) is 1.50. The zero-order chi connectivity index (χ0) is 20.1. The Morgan fingerprint density at radius 1 is 0.857 bits per heavy atom. The number of Topliss-reactive ketones (excluding diaryl/α,β-unsaturated/α-hetero) is 1. The van der Waals surface area contributed by atoms with E-state index in [0.717, 1.165) is 0 Å². The molecule has 1 amide bonds. The third kappa shape index (κ3) is 4.91. The van der Waals surface area contributed by atoms with Crippen LogP contribution in [0.1, 0.15) is 27.6 Å². The Morgan fingerprint density at radius 3 is 2.32 bits per heavy atom. The molecule has 142 valence electrons. The number of nitrogens with one attached hydrogen (secondary N) is 1. The number of carbonyl (C=O) groups excluding carboxylic acids is 2. The summed E-state index contributed by atoms with van der Waals surface area (Å²) >= 11 is 11.8. The lowest BCUT2D eigenvalue weighted by Gasteiger charge is -2.15. The molecular weight excluding hydrogens is 397 g/mol.